The van der Waals surface area contributed by atoms with E-state index in [0.29, 0.717) is 25.1 Å². The summed E-state index contributed by atoms with van der Waals surface area (Å²) in [6, 6.07) is 33.7. The van der Waals surface area contributed by atoms with Crippen LogP contribution in [0, 0.1) is 0 Å². The van der Waals surface area contributed by atoms with Crippen LogP contribution in [0.2, 0.25) is 0 Å². The molecule has 5 nitrogen and oxygen atoms in total. The Hall–Kier alpha value is -4.38. The fourth-order valence-corrected chi connectivity index (χ4v) is 5.74. The number of rotatable bonds is 6. The zero-order valence-corrected chi connectivity index (χ0v) is 24.7. The van der Waals surface area contributed by atoms with Gasteiger partial charge in [0.2, 0.25) is 0 Å². The molecule has 0 atom stereocenters. The molecule has 0 N–H and O–H groups in total. The van der Waals surface area contributed by atoms with Gasteiger partial charge in [-0.1, -0.05) is 84.9 Å². The van der Waals surface area contributed by atoms with E-state index in [1.165, 1.54) is 10.8 Å². The summed E-state index contributed by atoms with van der Waals surface area (Å²) < 4.78 is 5.72. The van der Waals surface area contributed by atoms with Gasteiger partial charge in [0.15, 0.2) is 0 Å². The maximum Gasteiger partial charge on any atom is 0.410 e. The molecule has 1 heterocycles. The summed E-state index contributed by atoms with van der Waals surface area (Å²) in [5, 5.41) is 2.36. The number of amides is 2. The third kappa shape index (κ3) is 6.25. The Kier molecular flexibility index (Phi) is 7.59. The molecule has 2 aliphatic rings. The Bertz CT molecular complexity index is 1650. The van der Waals surface area contributed by atoms with Gasteiger partial charge in [0.25, 0.3) is 5.91 Å². The van der Waals surface area contributed by atoms with Gasteiger partial charge in [-0.15, -0.1) is 0 Å². The summed E-state index contributed by atoms with van der Waals surface area (Å²) in [7, 11) is 0. The van der Waals surface area contributed by atoms with E-state index in [9.17, 15) is 9.59 Å². The highest BCUT2D eigenvalue weighted by molar-refractivity contribution is 6.03. The molecule has 0 bridgehead atoms. The molecule has 214 valence electrons. The van der Waals surface area contributed by atoms with E-state index in [1.54, 1.807) is 4.90 Å². The van der Waals surface area contributed by atoms with Crippen LogP contribution in [0.5, 0.6) is 0 Å². The molecule has 0 radical (unpaired) electrons. The quantitative estimate of drug-likeness (QED) is 0.240. The Morgan fingerprint density at radius 2 is 1.50 bits per heavy atom. The van der Waals surface area contributed by atoms with Gasteiger partial charge in [0, 0.05) is 24.7 Å². The molecule has 0 aromatic heterocycles. The van der Waals surface area contributed by atoms with E-state index in [1.807, 2.05) is 56.0 Å². The number of hydrogen-bond donors (Lipinski definition) is 0. The van der Waals surface area contributed by atoms with Crippen LogP contribution >= 0.6 is 0 Å². The summed E-state index contributed by atoms with van der Waals surface area (Å²) >= 11 is 0. The molecule has 1 aliphatic carbocycles. The van der Waals surface area contributed by atoms with Crippen LogP contribution in [0.25, 0.3) is 27.5 Å². The van der Waals surface area contributed by atoms with Gasteiger partial charge in [0.1, 0.15) is 5.60 Å². The van der Waals surface area contributed by atoms with E-state index in [0.717, 1.165) is 40.7 Å². The monoisotopic (exact) mass is 558 g/mol. The van der Waals surface area contributed by atoms with Crippen LogP contribution in [0.3, 0.4) is 0 Å². The Morgan fingerprint density at radius 3 is 2.24 bits per heavy atom. The molecule has 4 aromatic rings. The average molecular weight is 559 g/mol. The number of carbonyl (C=O) groups is 2. The van der Waals surface area contributed by atoms with Crippen molar-refractivity contribution in [1.29, 1.82) is 0 Å². The molecule has 0 saturated heterocycles. The molecule has 4 aromatic carbocycles. The van der Waals surface area contributed by atoms with Crippen LogP contribution in [0.1, 0.15) is 51.2 Å². The molecular weight excluding hydrogens is 520 g/mol. The van der Waals surface area contributed by atoms with E-state index in [4.69, 9.17) is 4.74 Å². The summed E-state index contributed by atoms with van der Waals surface area (Å²) in [6.07, 6.45) is 2.22. The zero-order chi connectivity index (χ0) is 29.3. The number of nitrogens with zero attached hydrogens (tertiary/aromatic N) is 2. The van der Waals surface area contributed by atoms with E-state index in [2.05, 4.69) is 66.7 Å². The van der Waals surface area contributed by atoms with E-state index < -0.39 is 5.60 Å². The van der Waals surface area contributed by atoms with Crippen molar-refractivity contribution in [2.45, 2.75) is 58.2 Å². The fraction of sp³-hybridized carbons (Fsp3) is 0.297. The zero-order valence-electron chi connectivity index (χ0n) is 24.7. The van der Waals surface area contributed by atoms with E-state index >= 15 is 0 Å². The van der Waals surface area contributed by atoms with Gasteiger partial charge < -0.3 is 14.5 Å². The van der Waals surface area contributed by atoms with Crippen molar-refractivity contribution in [3.63, 3.8) is 0 Å². The lowest BCUT2D eigenvalue weighted by molar-refractivity contribution is -0.128. The van der Waals surface area contributed by atoms with Gasteiger partial charge in [-0.2, -0.15) is 0 Å². The molecular formula is C37H38N2O3. The molecule has 1 saturated carbocycles. The van der Waals surface area contributed by atoms with Gasteiger partial charge in [-0.3, -0.25) is 4.79 Å². The van der Waals surface area contributed by atoms with Crippen molar-refractivity contribution in [3.05, 3.63) is 114 Å². The molecule has 42 heavy (non-hydrogen) atoms. The van der Waals surface area contributed by atoms with Crippen molar-refractivity contribution in [2.24, 2.45) is 0 Å². The highest BCUT2D eigenvalue weighted by atomic mass is 16.6. The molecule has 5 heteroatoms. The molecule has 2 amide bonds. The number of ether oxygens (including phenoxy) is 1. The summed E-state index contributed by atoms with van der Waals surface area (Å²) in [5.41, 5.74) is 5.48. The van der Waals surface area contributed by atoms with Crippen LogP contribution in [0.15, 0.2) is 103 Å². The highest BCUT2D eigenvalue weighted by Gasteiger charge is 2.37. The summed E-state index contributed by atoms with van der Waals surface area (Å²) in [4.78, 5) is 31.4. The first-order chi connectivity index (χ1) is 20.2. The molecule has 1 fully saturated rings. The standard InChI is InChI=1S/C37H38N2O3/c1-37(2,3)42-36(41)38-21-20-33(31-15-9-14-30(23-31)27-10-5-4-6-11-27)34(25-38)35(40)39(32-18-19-32)24-26-16-17-28-12-7-8-13-29(28)22-26/h4-17,22-23,32H,18-21,24-25H2,1-3H3. The molecule has 1 aliphatic heterocycles. The maximum absolute atomic E-state index is 14.5. The van der Waals surface area contributed by atoms with E-state index in [-0.39, 0.29) is 24.6 Å². The second-order valence-electron chi connectivity index (χ2n) is 12.4. The smallest absolute Gasteiger partial charge is 0.410 e. The predicted molar refractivity (Wildman–Crippen MR) is 169 cm³/mol. The van der Waals surface area contributed by atoms with Crippen LogP contribution in [-0.2, 0) is 16.1 Å². The first kappa shape index (κ1) is 27.8. The summed E-state index contributed by atoms with van der Waals surface area (Å²) in [5.74, 6) is 0.0130. The minimum Gasteiger partial charge on any atom is -0.444 e. The Labute approximate surface area is 248 Å². The van der Waals surface area contributed by atoms with Crippen molar-refractivity contribution in [2.75, 3.05) is 13.1 Å². The lowest BCUT2D eigenvalue weighted by atomic mass is 9.90. The van der Waals surface area contributed by atoms with Gasteiger partial charge in [-0.05, 0) is 90.8 Å². The first-order valence-electron chi connectivity index (χ1n) is 14.9. The Balaban J connectivity index is 1.37. The third-order valence-corrected chi connectivity index (χ3v) is 7.99. The lowest BCUT2D eigenvalue weighted by Crippen LogP contribution is -2.44. The molecule has 6 rings (SSSR count). The average Bonchev–Trinajstić information content (AvgIpc) is 3.84. The van der Waals surface area contributed by atoms with Crippen LogP contribution < -0.4 is 0 Å². The fourth-order valence-electron chi connectivity index (χ4n) is 5.74. The maximum atomic E-state index is 14.5. The number of fused-ring (bicyclic) bond motifs is 1. The second-order valence-corrected chi connectivity index (χ2v) is 12.4. The van der Waals surface area contributed by atoms with Crippen molar-refractivity contribution in [1.82, 2.24) is 9.80 Å². The number of benzene rings is 4. The minimum absolute atomic E-state index is 0.0130. The van der Waals surface area contributed by atoms with Gasteiger partial charge in [-0.25, -0.2) is 4.79 Å². The largest absolute Gasteiger partial charge is 0.444 e. The predicted octanol–water partition coefficient (Wildman–Crippen LogP) is 8.09. The topological polar surface area (TPSA) is 49.9 Å². The van der Waals surface area contributed by atoms with Crippen molar-refractivity contribution >= 4 is 28.3 Å². The SMILES string of the molecule is CC(C)(C)OC(=O)N1CCC(c2cccc(-c3ccccc3)c2)=C(C(=O)N(Cc2ccc3ccccc3c2)C2CC2)C1. The van der Waals surface area contributed by atoms with Gasteiger partial charge >= 0.3 is 6.09 Å². The normalized spacial score (nSPS) is 15.5. The molecule has 0 unspecified atom stereocenters. The first-order valence-corrected chi connectivity index (χ1v) is 14.9. The minimum atomic E-state index is -0.606. The van der Waals surface area contributed by atoms with Crippen molar-refractivity contribution < 1.29 is 14.3 Å². The van der Waals surface area contributed by atoms with Gasteiger partial charge in [0.05, 0.1) is 6.54 Å². The van der Waals surface area contributed by atoms with Crippen LogP contribution in [0.4, 0.5) is 4.79 Å². The summed E-state index contributed by atoms with van der Waals surface area (Å²) in [6.45, 7) is 6.90. The third-order valence-electron chi connectivity index (χ3n) is 7.99. The number of carbonyl (C=O) groups excluding carboxylic acids is 2. The van der Waals surface area contributed by atoms with Crippen molar-refractivity contribution in [3.8, 4) is 11.1 Å². The highest BCUT2D eigenvalue weighted by Crippen LogP contribution is 2.36. The second kappa shape index (κ2) is 11.5. The Morgan fingerprint density at radius 1 is 0.810 bits per heavy atom. The molecule has 0 spiro atoms. The lowest BCUT2D eigenvalue weighted by Gasteiger charge is -2.34. The number of hydrogen-bond acceptors (Lipinski definition) is 3. The van der Waals surface area contributed by atoms with Crippen LogP contribution in [-0.4, -0.2) is 46.5 Å².